The third-order valence-electron chi connectivity index (χ3n) is 2.97. The van der Waals surface area contributed by atoms with Gasteiger partial charge in [-0.2, -0.15) is 0 Å². The van der Waals surface area contributed by atoms with E-state index >= 15 is 0 Å². The van der Waals surface area contributed by atoms with Crippen LogP contribution in [0.4, 0.5) is 0 Å². The van der Waals surface area contributed by atoms with Gasteiger partial charge in [0.2, 0.25) is 5.78 Å². The molecule has 21 heavy (non-hydrogen) atoms. The van der Waals surface area contributed by atoms with E-state index in [0.29, 0.717) is 17.1 Å². The molecule has 0 saturated heterocycles. The van der Waals surface area contributed by atoms with Gasteiger partial charge in [0, 0.05) is 26.4 Å². The Morgan fingerprint density at radius 3 is 2.10 bits per heavy atom. The Hall–Kier alpha value is -2.30. The molecule has 0 radical (unpaired) electrons. The van der Waals surface area contributed by atoms with Crippen LogP contribution in [-0.2, 0) is 4.79 Å². The molecule has 0 fully saturated rings. The van der Waals surface area contributed by atoms with E-state index in [2.05, 4.69) is 0 Å². The number of hydrogen-bond donors (Lipinski definition) is 0. The Balaban J connectivity index is 3.41. The van der Waals surface area contributed by atoms with Crippen LogP contribution in [0.3, 0.4) is 0 Å². The van der Waals surface area contributed by atoms with Gasteiger partial charge >= 0.3 is 0 Å². The lowest BCUT2D eigenvalue weighted by Gasteiger charge is -2.14. The molecular formula is C16H21NO4. The lowest BCUT2D eigenvalue weighted by Crippen LogP contribution is -2.16. The van der Waals surface area contributed by atoms with Gasteiger partial charge < -0.3 is 14.4 Å². The highest BCUT2D eigenvalue weighted by Gasteiger charge is 2.22. The fourth-order valence-electron chi connectivity index (χ4n) is 1.95. The smallest absolute Gasteiger partial charge is 0.201 e. The molecule has 0 aliphatic carbocycles. The molecule has 5 heteroatoms. The summed E-state index contributed by atoms with van der Waals surface area (Å²) < 4.78 is 10.5. The largest absolute Gasteiger partial charge is 0.496 e. The first-order chi connectivity index (χ1) is 9.81. The zero-order chi connectivity index (χ0) is 16.2. The number of hydrogen-bond acceptors (Lipinski definition) is 5. The summed E-state index contributed by atoms with van der Waals surface area (Å²) in [6, 6.07) is 3.32. The second kappa shape index (κ2) is 6.92. The molecule has 0 N–H and O–H groups in total. The molecule has 0 aromatic heterocycles. The standard InChI is InChI=1S/C16H21NO4/c1-10-7-12(15(21-6)8-14(10)20-5)16(19)13(11(2)18)9-17(3)4/h7-9H,1-6H3. The molecule has 5 nitrogen and oxygen atoms in total. The van der Waals surface area contributed by atoms with E-state index < -0.39 is 0 Å². The molecule has 1 aromatic carbocycles. The summed E-state index contributed by atoms with van der Waals surface area (Å²) in [4.78, 5) is 26.0. The zero-order valence-corrected chi connectivity index (χ0v) is 13.3. The SMILES string of the molecule is COc1cc(OC)c(C(=O)C(=CN(C)C)C(C)=O)cc1C. The van der Waals surface area contributed by atoms with Crippen LogP contribution in [0.1, 0.15) is 22.8 Å². The van der Waals surface area contributed by atoms with Crippen molar-refractivity contribution in [2.45, 2.75) is 13.8 Å². The lowest BCUT2D eigenvalue weighted by molar-refractivity contribution is -0.113. The maximum absolute atomic E-state index is 12.6. The van der Waals surface area contributed by atoms with E-state index in [9.17, 15) is 9.59 Å². The van der Waals surface area contributed by atoms with Crippen molar-refractivity contribution >= 4 is 11.6 Å². The second-order valence-electron chi connectivity index (χ2n) is 4.91. The van der Waals surface area contributed by atoms with E-state index in [0.717, 1.165) is 5.56 Å². The van der Waals surface area contributed by atoms with Crippen LogP contribution < -0.4 is 9.47 Å². The molecule has 114 valence electrons. The number of benzene rings is 1. The molecule has 0 bridgehead atoms. The van der Waals surface area contributed by atoms with Gasteiger partial charge in [0.1, 0.15) is 11.5 Å². The number of methoxy groups -OCH3 is 2. The average Bonchev–Trinajstić information content (AvgIpc) is 2.43. The Kier molecular flexibility index (Phi) is 5.52. The van der Waals surface area contributed by atoms with Gasteiger partial charge in [-0.05, 0) is 25.5 Å². The van der Waals surface area contributed by atoms with Crippen molar-refractivity contribution in [2.24, 2.45) is 0 Å². The number of ether oxygens (including phenoxy) is 2. The predicted molar refractivity (Wildman–Crippen MR) is 81.1 cm³/mol. The topological polar surface area (TPSA) is 55.8 Å². The summed E-state index contributed by atoms with van der Waals surface area (Å²) in [6.07, 6.45) is 1.52. The summed E-state index contributed by atoms with van der Waals surface area (Å²) in [5.41, 5.74) is 1.26. The molecule has 0 heterocycles. The first kappa shape index (κ1) is 16.8. The summed E-state index contributed by atoms with van der Waals surface area (Å²) in [6.45, 7) is 3.20. The first-order valence-electron chi connectivity index (χ1n) is 6.48. The zero-order valence-electron chi connectivity index (χ0n) is 13.3. The summed E-state index contributed by atoms with van der Waals surface area (Å²) in [5, 5.41) is 0. The fraction of sp³-hybridized carbons (Fsp3) is 0.375. The van der Waals surface area contributed by atoms with E-state index in [1.165, 1.54) is 20.2 Å². The first-order valence-corrected chi connectivity index (χ1v) is 6.48. The van der Waals surface area contributed by atoms with E-state index in [-0.39, 0.29) is 17.1 Å². The number of Topliss-reactive ketones (excluding diaryl/α,β-unsaturated/α-hetero) is 2. The lowest BCUT2D eigenvalue weighted by atomic mass is 9.98. The van der Waals surface area contributed by atoms with Crippen molar-refractivity contribution < 1.29 is 19.1 Å². The van der Waals surface area contributed by atoms with Crippen LogP contribution in [0.5, 0.6) is 11.5 Å². The van der Waals surface area contributed by atoms with E-state index in [1.807, 2.05) is 6.92 Å². The van der Waals surface area contributed by atoms with Crippen molar-refractivity contribution in [3.63, 3.8) is 0 Å². The van der Waals surface area contributed by atoms with E-state index in [1.54, 1.807) is 38.2 Å². The molecule has 0 unspecified atom stereocenters. The molecule has 0 saturated carbocycles. The van der Waals surface area contributed by atoms with Gasteiger partial charge in [0.25, 0.3) is 0 Å². The van der Waals surface area contributed by atoms with Crippen molar-refractivity contribution in [2.75, 3.05) is 28.3 Å². The minimum atomic E-state index is -0.362. The van der Waals surface area contributed by atoms with Crippen LogP contribution in [-0.4, -0.2) is 44.8 Å². The Labute approximate surface area is 125 Å². The minimum Gasteiger partial charge on any atom is -0.496 e. The molecule has 1 aromatic rings. The highest BCUT2D eigenvalue weighted by atomic mass is 16.5. The second-order valence-corrected chi connectivity index (χ2v) is 4.91. The van der Waals surface area contributed by atoms with E-state index in [4.69, 9.17) is 9.47 Å². The Morgan fingerprint density at radius 2 is 1.67 bits per heavy atom. The van der Waals surface area contributed by atoms with Crippen LogP contribution >= 0.6 is 0 Å². The average molecular weight is 291 g/mol. The third-order valence-corrected chi connectivity index (χ3v) is 2.97. The van der Waals surface area contributed by atoms with Gasteiger partial charge in [0.05, 0.1) is 25.4 Å². The van der Waals surface area contributed by atoms with Gasteiger partial charge in [-0.15, -0.1) is 0 Å². The van der Waals surface area contributed by atoms with Crippen LogP contribution in [0.2, 0.25) is 0 Å². The molecular weight excluding hydrogens is 270 g/mol. The summed E-state index contributed by atoms with van der Waals surface area (Å²) >= 11 is 0. The maximum atomic E-state index is 12.6. The molecule has 0 aliphatic rings. The Morgan fingerprint density at radius 1 is 1.10 bits per heavy atom. The highest BCUT2D eigenvalue weighted by molar-refractivity contribution is 6.26. The van der Waals surface area contributed by atoms with Gasteiger partial charge in [0.15, 0.2) is 5.78 Å². The molecule has 0 aliphatic heterocycles. The fourth-order valence-corrected chi connectivity index (χ4v) is 1.95. The number of carbonyl (C=O) groups is 2. The number of aryl methyl sites for hydroxylation is 1. The van der Waals surface area contributed by atoms with Crippen LogP contribution in [0.25, 0.3) is 0 Å². The summed E-state index contributed by atoms with van der Waals surface area (Å²) in [7, 11) is 6.54. The minimum absolute atomic E-state index is 0.114. The molecule has 0 atom stereocenters. The van der Waals surface area contributed by atoms with Crippen molar-refractivity contribution in [3.05, 3.63) is 35.0 Å². The van der Waals surface area contributed by atoms with Gasteiger partial charge in [-0.3, -0.25) is 9.59 Å². The maximum Gasteiger partial charge on any atom is 0.201 e. The number of carbonyl (C=O) groups excluding carboxylic acids is 2. The quantitative estimate of drug-likeness (QED) is 0.348. The van der Waals surface area contributed by atoms with Gasteiger partial charge in [-0.1, -0.05) is 0 Å². The number of nitrogens with zero attached hydrogens (tertiary/aromatic N) is 1. The molecule has 0 amide bonds. The third kappa shape index (κ3) is 3.84. The summed E-state index contributed by atoms with van der Waals surface area (Å²) in [5.74, 6) is 0.362. The predicted octanol–water partition coefficient (Wildman–Crippen LogP) is 2.23. The van der Waals surface area contributed by atoms with Gasteiger partial charge in [-0.25, -0.2) is 0 Å². The number of rotatable bonds is 6. The number of ketones is 2. The monoisotopic (exact) mass is 291 g/mol. The van der Waals surface area contributed by atoms with Crippen molar-refractivity contribution in [3.8, 4) is 11.5 Å². The molecule has 0 spiro atoms. The normalized spacial score (nSPS) is 11.0. The van der Waals surface area contributed by atoms with Crippen molar-refractivity contribution in [1.29, 1.82) is 0 Å². The van der Waals surface area contributed by atoms with Crippen molar-refractivity contribution in [1.82, 2.24) is 4.90 Å². The highest BCUT2D eigenvalue weighted by Crippen LogP contribution is 2.30. The number of allylic oxidation sites excluding steroid dienone is 1. The Bertz CT molecular complexity index is 588. The van der Waals surface area contributed by atoms with Crippen LogP contribution in [0.15, 0.2) is 23.9 Å². The molecule has 1 rings (SSSR count). The van der Waals surface area contributed by atoms with Crippen LogP contribution in [0, 0.1) is 6.92 Å².